The molecule has 0 aromatic rings. The standard InChI is InChI=1S/C16H31NO4S/c1-4-6-7-8-9-12-20-15(18)14(10-13-22-3)17-16(19)21-11-5-2/h14H,4-13H2,1-3H3,(H,17,19)/t14-/m0/s1. The number of ether oxygens (including phenoxy) is 2. The van der Waals surface area contributed by atoms with Crippen molar-refractivity contribution in [1.29, 1.82) is 0 Å². The highest BCUT2D eigenvalue weighted by Gasteiger charge is 2.22. The molecular weight excluding hydrogens is 302 g/mol. The van der Waals surface area contributed by atoms with Gasteiger partial charge in [-0.2, -0.15) is 11.8 Å². The predicted octanol–water partition coefficient (Wildman–Crippen LogP) is 3.76. The van der Waals surface area contributed by atoms with Gasteiger partial charge in [0.15, 0.2) is 0 Å². The molecule has 0 spiro atoms. The van der Waals surface area contributed by atoms with Gasteiger partial charge in [0.2, 0.25) is 0 Å². The number of carbonyl (C=O) groups is 2. The molecule has 1 atom stereocenters. The lowest BCUT2D eigenvalue weighted by Gasteiger charge is -2.17. The molecule has 5 nitrogen and oxygen atoms in total. The zero-order valence-electron chi connectivity index (χ0n) is 14.2. The number of hydrogen-bond donors (Lipinski definition) is 1. The number of hydrogen-bond acceptors (Lipinski definition) is 5. The van der Waals surface area contributed by atoms with E-state index in [1.165, 1.54) is 19.3 Å². The van der Waals surface area contributed by atoms with E-state index < -0.39 is 12.1 Å². The fraction of sp³-hybridized carbons (Fsp3) is 0.875. The van der Waals surface area contributed by atoms with E-state index in [1.54, 1.807) is 11.8 Å². The first-order valence-corrected chi connectivity index (χ1v) is 9.63. The van der Waals surface area contributed by atoms with Gasteiger partial charge >= 0.3 is 12.1 Å². The summed E-state index contributed by atoms with van der Waals surface area (Å²) in [7, 11) is 0. The first-order valence-electron chi connectivity index (χ1n) is 8.24. The SMILES string of the molecule is CCCCCCCOC(=O)[C@H](CCSC)NC(=O)OCCC. The summed E-state index contributed by atoms with van der Waals surface area (Å²) in [5, 5.41) is 2.60. The third-order valence-electron chi connectivity index (χ3n) is 3.12. The Hall–Kier alpha value is -0.910. The predicted molar refractivity (Wildman–Crippen MR) is 91.3 cm³/mol. The van der Waals surface area contributed by atoms with Crippen LogP contribution < -0.4 is 5.32 Å². The molecule has 1 N–H and O–H groups in total. The second-order valence-electron chi connectivity index (χ2n) is 5.20. The zero-order valence-corrected chi connectivity index (χ0v) is 15.0. The van der Waals surface area contributed by atoms with Crippen LogP contribution in [0.4, 0.5) is 4.79 Å². The van der Waals surface area contributed by atoms with Gasteiger partial charge in [0.1, 0.15) is 6.04 Å². The van der Waals surface area contributed by atoms with Crippen molar-refractivity contribution in [3.8, 4) is 0 Å². The topological polar surface area (TPSA) is 64.6 Å². The molecule has 0 fully saturated rings. The molecule has 0 saturated carbocycles. The summed E-state index contributed by atoms with van der Waals surface area (Å²) in [6, 6.07) is -0.618. The summed E-state index contributed by atoms with van der Waals surface area (Å²) < 4.78 is 10.2. The van der Waals surface area contributed by atoms with E-state index in [4.69, 9.17) is 9.47 Å². The summed E-state index contributed by atoms with van der Waals surface area (Å²) in [4.78, 5) is 23.6. The molecule has 0 saturated heterocycles. The van der Waals surface area contributed by atoms with Gasteiger partial charge in [-0.15, -0.1) is 0 Å². The Kier molecular flexibility index (Phi) is 14.4. The van der Waals surface area contributed by atoms with Crippen LogP contribution in [0.15, 0.2) is 0 Å². The van der Waals surface area contributed by atoms with Gasteiger partial charge in [0.05, 0.1) is 13.2 Å². The van der Waals surface area contributed by atoms with Crippen LogP contribution in [-0.2, 0) is 14.3 Å². The van der Waals surface area contributed by atoms with Gasteiger partial charge in [0, 0.05) is 0 Å². The fourth-order valence-electron chi connectivity index (χ4n) is 1.84. The molecule has 6 heteroatoms. The van der Waals surface area contributed by atoms with Gasteiger partial charge in [-0.05, 0) is 31.3 Å². The van der Waals surface area contributed by atoms with Crippen molar-refractivity contribution in [3.05, 3.63) is 0 Å². The van der Waals surface area contributed by atoms with Crippen LogP contribution in [0.1, 0.15) is 58.8 Å². The number of nitrogens with one attached hydrogen (secondary N) is 1. The third kappa shape index (κ3) is 11.7. The van der Waals surface area contributed by atoms with Crippen molar-refractivity contribution in [2.24, 2.45) is 0 Å². The van der Waals surface area contributed by atoms with Crippen molar-refractivity contribution >= 4 is 23.8 Å². The number of carbonyl (C=O) groups excluding carboxylic acids is 2. The Morgan fingerprint density at radius 1 is 1.00 bits per heavy atom. The number of rotatable bonds is 13. The van der Waals surface area contributed by atoms with Crippen molar-refractivity contribution in [3.63, 3.8) is 0 Å². The molecule has 22 heavy (non-hydrogen) atoms. The second kappa shape index (κ2) is 15.0. The van der Waals surface area contributed by atoms with Gasteiger partial charge in [0.25, 0.3) is 0 Å². The van der Waals surface area contributed by atoms with Crippen molar-refractivity contribution in [2.75, 3.05) is 25.2 Å². The number of thioether (sulfide) groups is 1. The van der Waals surface area contributed by atoms with Crippen LogP contribution in [0.2, 0.25) is 0 Å². The highest BCUT2D eigenvalue weighted by Crippen LogP contribution is 2.06. The molecule has 130 valence electrons. The molecule has 0 aliphatic heterocycles. The minimum Gasteiger partial charge on any atom is -0.464 e. The summed E-state index contributed by atoms with van der Waals surface area (Å²) >= 11 is 1.63. The average Bonchev–Trinajstić information content (AvgIpc) is 2.52. The Labute approximate surface area is 138 Å². The van der Waals surface area contributed by atoms with E-state index in [0.717, 1.165) is 25.0 Å². The van der Waals surface area contributed by atoms with Gasteiger partial charge in [-0.1, -0.05) is 39.5 Å². The van der Waals surface area contributed by atoms with Crippen LogP contribution in [0.25, 0.3) is 0 Å². The maximum absolute atomic E-state index is 12.0. The Morgan fingerprint density at radius 3 is 2.36 bits per heavy atom. The Morgan fingerprint density at radius 2 is 1.73 bits per heavy atom. The molecule has 0 aliphatic rings. The maximum atomic E-state index is 12.0. The Bertz CT molecular complexity index is 300. The van der Waals surface area contributed by atoms with E-state index in [9.17, 15) is 9.59 Å². The quantitative estimate of drug-likeness (QED) is 0.411. The van der Waals surface area contributed by atoms with E-state index in [0.29, 0.717) is 19.6 Å². The minimum absolute atomic E-state index is 0.355. The normalized spacial score (nSPS) is 11.8. The average molecular weight is 333 g/mol. The van der Waals surface area contributed by atoms with E-state index >= 15 is 0 Å². The van der Waals surface area contributed by atoms with Crippen LogP contribution in [0.5, 0.6) is 0 Å². The van der Waals surface area contributed by atoms with Crippen LogP contribution in [-0.4, -0.2) is 43.3 Å². The van der Waals surface area contributed by atoms with Crippen LogP contribution in [0.3, 0.4) is 0 Å². The van der Waals surface area contributed by atoms with Crippen molar-refractivity contribution in [2.45, 2.75) is 64.8 Å². The number of unbranched alkanes of at least 4 members (excludes halogenated alkanes) is 4. The lowest BCUT2D eigenvalue weighted by molar-refractivity contribution is -0.146. The molecule has 0 aromatic heterocycles. The van der Waals surface area contributed by atoms with Crippen molar-refractivity contribution in [1.82, 2.24) is 5.32 Å². The number of esters is 1. The smallest absolute Gasteiger partial charge is 0.407 e. The maximum Gasteiger partial charge on any atom is 0.407 e. The first kappa shape index (κ1) is 21.1. The van der Waals surface area contributed by atoms with Gasteiger partial charge in [-0.3, -0.25) is 0 Å². The monoisotopic (exact) mass is 333 g/mol. The molecule has 0 rings (SSSR count). The molecule has 0 aliphatic carbocycles. The summed E-state index contributed by atoms with van der Waals surface area (Å²) in [5.41, 5.74) is 0. The summed E-state index contributed by atoms with van der Waals surface area (Å²) in [5.74, 6) is 0.419. The number of amides is 1. The van der Waals surface area contributed by atoms with E-state index in [-0.39, 0.29) is 5.97 Å². The van der Waals surface area contributed by atoms with Gasteiger partial charge in [-0.25, -0.2) is 9.59 Å². The highest BCUT2D eigenvalue weighted by molar-refractivity contribution is 7.98. The molecule has 0 radical (unpaired) electrons. The van der Waals surface area contributed by atoms with E-state index in [2.05, 4.69) is 12.2 Å². The molecule has 1 amide bonds. The summed E-state index contributed by atoms with van der Waals surface area (Å²) in [6.07, 6.45) is 8.26. The largest absolute Gasteiger partial charge is 0.464 e. The van der Waals surface area contributed by atoms with E-state index in [1.807, 2.05) is 13.2 Å². The molecule has 0 bridgehead atoms. The molecular formula is C16H31NO4S. The summed E-state index contributed by atoms with van der Waals surface area (Å²) in [6.45, 7) is 4.86. The lowest BCUT2D eigenvalue weighted by atomic mass is 10.2. The highest BCUT2D eigenvalue weighted by atomic mass is 32.2. The zero-order chi connectivity index (χ0) is 16.6. The fourth-order valence-corrected chi connectivity index (χ4v) is 2.31. The first-order chi connectivity index (χ1) is 10.7. The van der Waals surface area contributed by atoms with Gasteiger partial charge < -0.3 is 14.8 Å². The van der Waals surface area contributed by atoms with Crippen molar-refractivity contribution < 1.29 is 19.1 Å². The third-order valence-corrected chi connectivity index (χ3v) is 3.76. The Balaban J connectivity index is 4.07. The molecule has 0 aromatic carbocycles. The van der Waals surface area contributed by atoms with Crippen LogP contribution >= 0.6 is 11.8 Å². The van der Waals surface area contributed by atoms with Crippen LogP contribution in [0, 0.1) is 0 Å². The molecule has 0 unspecified atom stereocenters. The molecule has 0 heterocycles. The number of alkyl carbamates (subject to hydrolysis) is 1. The second-order valence-corrected chi connectivity index (χ2v) is 6.18. The lowest BCUT2D eigenvalue weighted by Crippen LogP contribution is -2.42. The minimum atomic E-state index is -0.618.